The van der Waals surface area contributed by atoms with E-state index in [-0.39, 0.29) is 18.7 Å². The molecule has 0 radical (unpaired) electrons. The van der Waals surface area contributed by atoms with Gasteiger partial charge in [-0.15, -0.1) is 0 Å². The van der Waals surface area contributed by atoms with Crippen LogP contribution in [0.25, 0.3) is 0 Å². The minimum Gasteiger partial charge on any atom is -0.346 e. The van der Waals surface area contributed by atoms with Gasteiger partial charge in [-0.2, -0.15) is 8.42 Å². The molecule has 0 unspecified atom stereocenters. The van der Waals surface area contributed by atoms with Gasteiger partial charge in [0.2, 0.25) is 0 Å². The fourth-order valence-corrected chi connectivity index (χ4v) is 3.03. The van der Waals surface area contributed by atoms with Crippen LogP contribution < -0.4 is 5.73 Å². The summed E-state index contributed by atoms with van der Waals surface area (Å²) < 4.78 is 27.0. The molecule has 160 valence electrons. The first-order valence-electron chi connectivity index (χ1n) is 10.3. The minimum atomic E-state index is -3.81. The average Bonchev–Trinajstić information content (AvgIpc) is 2.63. The van der Waals surface area contributed by atoms with E-state index >= 15 is 0 Å². The predicted molar refractivity (Wildman–Crippen MR) is 117 cm³/mol. The summed E-state index contributed by atoms with van der Waals surface area (Å²) in [5, 5.41) is 0. The lowest BCUT2D eigenvalue weighted by Gasteiger charge is -2.03. The molecule has 0 aliphatic rings. The molecular weight excluding hydrogens is 374 g/mol. The number of unbranched alkanes of at least 4 members (excludes halogenated alkanes) is 4. The Kier molecular flexibility index (Phi) is 17.6. The second kappa shape index (κ2) is 18.7. The molecule has 0 saturated heterocycles. The molecule has 0 spiro atoms. The summed E-state index contributed by atoms with van der Waals surface area (Å²) in [6.45, 7) is 2.16. The van der Waals surface area contributed by atoms with Gasteiger partial charge in [0, 0.05) is 13.0 Å². The van der Waals surface area contributed by atoms with E-state index in [9.17, 15) is 13.2 Å². The molecule has 0 aromatic rings. The Labute approximate surface area is 171 Å². The monoisotopic (exact) mass is 411 g/mol. The van der Waals surface area contributed by atoms with Crippen LogP contribution in [0, 0.1) is 0 Å². The zero-order chi connectivity index (χ0) is 20.9. The summed E-state index contributed by atoms with van der Waals surface area (Å²) in [5.41, 5.74) is 5.14. The van der Waals surface area contributed by atoms with Crippen LogP contribution in [-0.2, 0) is 19.1 Å². The lowest BCUT2D eigenvalue weighted by atomic mass is 10.2. The van der Waals surface area contributed by atoms with Crippen LogP contribution in [0.4, 0.5) is 0 Å². The van der Waals surface area contributed by atoms with Crippen molar-refractivity contribution in [3.8, 4) is 0 Å². The zero-order valence-electron chi connectivity index (χ0n) is 17.2. The predicted octanol–water partition coefficient (Wildman–Crippen LogP) is 4.96. The van der Waals surface area contributed by atoms with E-state index in [1.807, 2.05) is 12.2 Å². The van der Waals surface area contributed by atoms with E-state index in [4.69, 9.17) is 5.73 Å². The van der Waals surface area contributed by atoms with Gasteiger partial charge in [-0.25, -0.2) is 0 Å². The molecule has 0 aromatic carbocycles. The Morgan fingerprint density at radius 2 is 1.32 bits per heavy atom. The summed E-state index contributed by atoms with van der Waals surface area (Å²) in [4.78, 5) is 11.4. The Balaban J connectivity index is 3.63. The Morgan fingerprint density at radius 3 is 1.82 bits per heavy atom. The van der Waals surface area contributed by atoms with Crippen LogP contribution in [-0.4, -0.2) is 26.7 Å². The van der Waals surface area contributed by atoms with Crippen molar-refractivity contribution in [1.82, 2.24) is 0 Å². The molecule has 6 heteroatoms. The number of nitrogens with two attached hydrogens (primary N) is 1. The van der Waals surface area contributed by atoms with Crippen molar-refractivity contribution >= 4 is 16.1 Å². The number of carbonyl (C=O) groups is 1. The van der Waals surface area contributed by atoms with Crippen LogP contribution in [0.15, 0.2) is 48.6 Å². The number of carbonyl (C=O) groups excluding carboxylic acids is 1. The quantitative estimate of drug-likeness (QED) is 0.208. The van der Waals surface area contributed by atoms with Gasteiger partial charge in [0.1, 0.15) is 0 Å². The van der Waals surface area contributed by atoms with E-state index in [1.165, 1.54) is 25.7 Å². The molecule has 0 rings (SSSR count). The van der Waals surface area contributed by atoms with Crippen molar-refractivity contribution in [3.05, 3.63) is 48.6 Å². The van der Waals surface area contributed by atoms with Crippen LogP contribution in [0.1, 0.15) is 71.1 Å². The van der Waals surface area contributed by atoms with Crippen molar-refractivity contribution < 1.29 is 17.4 Å². The van der Waals surface area contributed by atoms with Gasteiger partial charge in [-0.05, 0) is 44.9 Å². The van der Waals surface area contributed by atoms with E-state index in [2.05, 4.69) is 47.6 Å². The van der Waals surface area contributed by atoms with Gasteiger partial charge >= 0.3 is 16.1 Å². The first-order chi connectivity index (χ1) is 13.5. The molecule has 0 atom stereocenters. The normalized spacial score (nSPS) is 12.8. The molecular formula is C22H37NO4S. The fourth-order valence-electron chi connectivity index (χ4n) is 2.29. The molecule has 28 heavy (non-hydrogen) atoms. The third kappa shape index (κ3) is 19.1. The van der Waals surface area contributed by atoms with Crippen molar-refractivity contribution in [2.75, 3.05) is 12.3 Å². The fraction of sp³-hybridized carbons (Fsp3) is 0.591. The highest BCUT2D eigenvalue weighted by molar-refractivity contribution is 7.87. The van der Waals surface area contributed by atoms with E-state index in [0.29, 0.717) is 12.8 Å². The van der Waals surface area contributed by atoms with Crippen molar-refractivity contribution in [2.24, 2.45) is 5.73 Å². The average molecular weight is 412 g/mol. The first-order valence-corrected chi connectivity index (χ1v) is 11.8. The van der Waals surface area contributed by atoms with Crippen molar-refractivity contribution in [1.29, 1.82) is 0 Å². The van der Waals surface area contributed by atoms with Gasteiger partial charge < -0.3 is 9.92 Å². The number of hydrogen-bond acceptors (Lipinski definition) is 5. The maximum atomic E-state index is 11.4. The molecule has 0 heterocycles. The largest absolute Gasteiger partial charge is 0.346 e. The lowest BCUT2D eigenvalue weighted by molar-refractivity contribution is -0.133. The highest BCUT2D eigenvalue weighted by atomic mass is 32.2. The summed E-state index contributed by atoms with van der Waals surface area (Å²) in [7, 11) is -3.81. The SMILES string of the molecule is CCCCC/C=C\C/C=C\C/C=C\C/C=C\CCCC(=O)OS(=O)(=O)CCN. The summed E-state index contributed by atoms with van der Waals surface area (Å²) in [6, 6.07) is 0. The smallest absolute Gasteiger partial charge is 0.322 e. The maximum Gasteiger partial charge on any atom is 0.322 e. The van der Waals surface area contributed by atoms with Crippen LogP contribution in [0.2, 0.25) is 0 Å². The van der Waals surface area contributed by atoms with Crippen molar-refractivity contribution in [3.63, 3.8) is 0 Å². The molecule has 0 saturated carbocycles. The van der Waals surface area contributed by atoms with Gasteiger partial charge in [-0.1, -0.05) is 68.4 Å². The minimum absolute atomic E-state index is 0.0577. The molecule has 0 aromatic heterocycles. The molecule has 0 amide bonds. The third-order valence-electron chi connectivity index (χ3n) is 3.80. The van der Waals surface area contributed by atoms with Gasteiger partial charge in [-0.3, -0.25) is 4.79 Å². The van der Waals surface area contributed by atoms with Crippen molar-refractivity contribution in [2.45, 2.75) is 71.1 Å². The summed E-state index contributed by atoms with van der Waals surface area (Å²) in [5.74, 6) is -1.06. The standard InChI is InChI=1S/C22H37NO4S/c1-2-3-4-5-6-7-8-9-10-11-12-13-14-15-16-17-18-19-22(24)27-28(25,26)21-20-23/h6-7,9-10,12-13,15-16H,2-5,8,11,14,17-21,23H2,1H3/b7-6-,10-9-,13-12-,16-15-. The van der Waals surface area contributed by atoms with E-state index in [0.717, 1.165) is 19.3 Å². The number of allylic oxidation sites excluding steroid dienone is 8. The zero-order valence-corrected chi connectivity index (χ0v) is 18.0. The Bertz CT molecular complexity index is 604. The topological polar surface area (TPSA) is 86.5 Å². The summed E-state index contributed by atoms with van der Waals surface area (Å²) in [6.07, 6.45) is 26.3. The molecule has 5 nitrogen and oxygen atoms in total. The maximum absolute atomic E-state index is 11.4. The number of rotatable bonds is 17. The number of hydrogen-bond donors (Lipinski definition) is 1. The Morgan fingerprint density at radius 1 is 0.821 bits per heavy atom. The van der Waals surface area contributed by atoms with Crippen LogP contribution >= 0.6 is 0 Å². The molecule has 2 N–H and O–H groups in total. The second-order valence-electron chi connectivity index (χ2n) is 6.49. The van der Waals surface area contributed by atoms with Gasteiger partial charge in [0.25, 0.3) is 0 Å². The first kappa shape index (κ1) is 26.3. The molecule has 0 bridgehead atoms. The Hall–Kier alpha value is -1.66. The van der Waals surface area contributed by atoms with E-state index < -0.39 is 16.1 Å². The highest BCUT2D eigenvalue weighted by Crippen LogP contribution is 2.04. The highest BCUT2D eigenvalue weighted by Gasteiger charge is 2.15. The van der Waals surface area contributed by atoms with Gasteiger partial charge in [0.15, 0.2) is 0 Å². The van der Waals surface area contributed by atoms with Gasteiger partial charge in [0.05, 0.1) is 5.75 Å². The van der Waals surface area contributed by atoms with E-state index in [1.54, 1.807) is 0 Å². The summed E-state index contributed by atoms with van der Waals surface area (Å²) >= 11 is 0. The lowest BCUT2D eigenvalue weighted by Crippen LogP contribution is -2.21. The second-order valence-corrected chi connectivity index (χ2v) is 8.18. The van der Waals surface area contributed by atoms with Crippen LogP contribution in [0.3, 0.4) is 0 Å². The third-order valence-corrected chi connectivity index (χ3v) is 4.97. The van der Waals surface area contributed by atoms with Crippen LogP contribution in [0.5, 0.6) is 0 Å². The molecule has 0 aliphatic carbocycles. The molecule has 0 fully saturated rings. The molecule has 0 aliphatic heterocycles.